The Hall–Kier alpha value is -1.63. The number of nitrogens with zero attached hydrogens (tertiary/aromatic N) is 2. The number of ether oxygens (including phenoxy) is 1. The highest BCUT2D eigenvalue weighted by Crippen LogP contribution is 2.33. The average molecular weight is 436 g/mol. The third-order valence-electron chi connectivity index (χ3n) is 6.51. The van der Waals surface area contributed by atoms with Crippen LogP contribution in [0, 0.1) is 5.92 Å². The number of hydrogen-bond donors (Lipinski definition) is 1. The Morgan fingerprint density at radius 3 is 2.37 bits per heavy atom. The van der Waals surface area contributed by atoms with Crippen LogP contribution >= 0.6 is 11.3 Å². The van der Waals surface area contributed by atoms with E-state index in [4.69, 9.17) is 4.74 Å². The number of nitrogens with one attached hydrogen (secondary N) is 1. The van der Waals surface area contributed by atoms with Gasteiger partial charge in [-0.15, -0.1) is 11.3 Å². The van der Waals surface area contributed by atoms with Gasteiger partial charge in [0.1, 0.15) is 0 Å². The molecule has 2 amide bonds. The zero-order valence-corrected chi connectivity index (χ0v) is 19.6. The lowest BCUT2D eigenvalue weighted by atomic mass is 9.84. The molecule has 0 aromatic carbocycles. The van der Waals surface area contributed by atoms with E-state index >= 15 is 0 Å². The summed E-state index contributed by atoms with van der Waals surface area (Å²) >= 11 is 1.48. The summed E-state index contributed by atoms with van der Waals surface area (Å²) in [6.07, 6.45) is 11.4. The molecular weight excluding hydrogens is 398 g/mol. The molecule has 2 aliphatic carbocycles. The first-order valence-corrected chi connectivity index (χ1v) is 12.6. The monoisotopic (exact) mass is 435 g/mol. The van der Waals surface area contributed by atoms with Gasteiger partial charge in [0.15, 0.2) is 5.13 Å². The van der Waals surface area contributed by atoms with E-state index in [1.165, 1.54) is 43.4 Å². The fourth-order valence-electron chi connectivity index (χ4n) is 4.87. The summed E-state index contributed by atoms with van der Waals surface area (Å²) in [5, 5.41) is 3.69. The van der Waals surface area contributed by atoms with Crippen LogP contribution in [0.2, 0.25) is 0 Å². The van der Waals surface area contributed by atoms with Gasteiger partial charge >= 0.3 is 12.0 Å². The zero-order valence-electron chi connectivity index (χ0n) is 18.7. The van der Waals surface area contributed by atoms with Crippen LogP contribution in [0.3, 0.4) is 0 Å². The summed E-state index contributed by atoms with van der Waals surface area (Å²) in [6, 6.07) is 0.649. The highest BCUT2D eigenvalue weighted by Gasteiger charge is 2.34. The number of aromatic nitrogens is 1. The minimum absolute atomic E-state index is 0.0134. The molecule has 7 heteroatoms. The van der Waals surface area contributed by atoms with Gasteiger partial charge in [0.05, 0.1) is 18.7 Å². The molecule has 0 saturated heterocycles. The quantitative estimate of drug-likeness (QED) is 0.570. The highest BCUT2D eigenvalue weighted by molar-refractivity contribution is 7.15. The van der Waals surface area contributed by atoms with Crippen LogP contribution in [-0.4, -0.2) is 40.6 Å². The van der Waals surface area contributed by atoms with Crippen LogP contribution in [0.4, 0.5) is 9.93 Å². The molecule has 0 bridgehead atoms. The van der Waals surface area contributed by atoms with Gasteiger partial charge in [-0.2, -0.15) is 0 Å². The molecule has 0 spiro atoms. The van der Waals surface area contributed by atoms with E-state index in [1.54, 1.807) is 6.92 Å². The van der Waals surface area contributed by atoms with E-state index in [0.29, 0.717) is 23.8 Å². The molecule has 1 aromatic rings. The number of urea groups is 1. The maximum Gasteiger partial charge on any atom is 0.324 e. The van der Waals surface area contributed by atoms with Gasteiger partial charge in [0.2, 0.25) is 0 Å². The second-order valence-electron chi connectivity index (χ2n) is 8.77. The summed E-state index contributed by atoms with van der Waals surface area (Å²) in [5.74, 6) is 0.490. The third-order valence-corrected chi connectivity index (χ3v) is 7.67. The molecule has 2 fully saturated rings. The van der Waals surface area contributed by atoms with Crippen molar-refractivity contribution in [2.45, 2.75) is 103 Å². The van der Waals surface area contributed by atoms with Crippen molar-refractivity contribution < 1.29 is 14.3 Å². The Bertz CT molecular complexity index is 707. The summed E-state index contributed by atoms with van der Waals surface area (Å²) in [6.45, 7) is 6.53. The lowest BCUT2D eigenvalue weighted by molar-refractivity contribution is -0.142. The van der Waals surface area contributed by atoms with Crippen molar-refractivity contribution in [3.63, 3.8) is 0 Å². The first-order chi connectivity index (χ1) is 14.5. The molecule has 168 valence electrons. The van der Waals surface area contributed by atoms with E-state index in [0.717, 1.165) is 48.6 Å². The number of rotatable bonds is 7. The average Bonchev–Trinajstić information content (AvgIpc) is 3.11. The highest BCUT2D eigenvalue weighted by atomic mass is 32.1. The molecule has 6 nitrogen and oxygen atoms in total. The van der Waals surface area contributed by atoms with Crippen LogP contribution in [0.25, 0.3) is 0 Å². The van der Waals surface area contributed by atoms with Crippen LogP contribution < -0.4 is 5.32 Å². The molecule has 30 heavy (non-hydrogen) atoms. The van der Waals surface area contributed by atoms with Gasteiger partial charge in [0, 0.05) is 17.0 Å². The second kappa shape index (κ2) is 11.1. The molecule has 1 heterocycles. The molecule has 2 aliphatic rings. The van der Waals surface area contributed by atoms with Crippen molar-refractivity contribution in [2.24, 2.45) is 5.92 Å². The normalized spacial score (nSPS) is 22.5. The maximum absolute atomic E-state index is 13.4. The van der Waals surface area contributed by atoms with Crippen molar-refractivity contribution in [3.8, 4) is 0 Å². The SMILES string of the molecule is CCOC(=O)Cc1nc(NC(=O)N(C2CCCCC2)C2CCC(C)CC2)sc1CC. The molecule has 2 saturated carbocycles. The standard InChI is InChI=1S/C23H37N3O3S/c1-4-20-19(15-21(27)29-5-2)24-22(30-20)25-23(28)26(17-9-7-6-8-10-17)18-13-11-16(3)12-14-18/h16-18H,4-15H2,1-3H3,(H,24,25,28). The largest absolute Gasteiger partial charge is 0.466 e. The Labute approximate surface area is 184 Å². The first-order valence-electron chi connectivity index (χ1n) is 11.7. The third kappa shape index (κ3) is 5.96. The molecule has 0 unspecified atom stereocenters. The Kier molecular flexibility index (Phi) is 8.54. The lowest BCUT2D eigenvalue weighted by Crippen LogP contribution is -2.51. The topological polar surface area (TPSA) is 71.5 Å². The number of amides is 2. The van der Waals surface area contributed by atoms with Crippen molar-refractivity contribution in [3.05, 3.63) is 10.6 Å². The Balaban J connectivity index is 1.73. The predicted molar refractivity (Wildman–Crippen MR) is 121 cm³/mol. The van der Waals surface area contributed by atoms with Crippen molar-refractivity contribution in [1.82, 2.24) is 9.88 Å². The van der Waals surface area contributed by atoms with E-state index in [-0.39, 0.29) is 18.4 Å². The fourth-order valence-corrected chi connectivity index (χ4v) is 5.77. The summed E-state index contributed by atoms with van der Waals surface area (Å²) in [7, 11) is 0. The number of anilines is 1. The van der Waals surface area contributed by atoms with Crippen molar-refractivity contribution in [2.75, 3.05) is 11.9 Å². The van der Waals surface area contributed by atoms with Crippen LogP contribution in [-0.2, 0) is 22.4 Å². The summed E-state index contributed by atoms with van der Waals surface area (Å²) < 4.78 is 5.07. The number of aryl methyl sites for hydroxylation is 1. The van der Waals surface area contributed by atoms with Gasteiger partial charge in [0.25, 0.3) is 0 Å². The summed E-state index contributed by atoms with van der Waals surface area (Å²) in [4.78, 5) is 33.1. The van der Waals surface area contributed by atoms with E-state index in [2.05, 4.69) is 22.1 Å². The van der Waals surface area contributed by atoms with E-state index in [9.17, 15) is 9.59 Å². The van der Waals surface area contributed by atoms with E-state index in [1.807, 2.05) is 6.92 Å². The number of hydrogen-bond acceptors (Lipinski definition) is 5. The van der Waals surface area contributed by atoms with Crippen LogP contribution in [0.5, 0.6) is 0 Å². The van der Waals surface area contributed by atoms with Gasteiger partial charge in [-0.25, -0.2) is 9.78 Å². The van der Waals surface area contributed by atoms with Crippen LogP contribution in [0.15, 0.2) is 0 Å². The number of carbonyl (C=O) groups is 2. The van der Waals surface area contributed by atoms with E-state index < -0.39 is 0 Å². The molecule has 0 atom stereocenters. The fraction of sp³-hybridized carbons (Fsp3) is 0.783. The smallest absolute Gasteiger partial charge is 0.324 e. The van der Waals surface area contributed by atoms with Gasteiger partial charge < -0.3 is 9.64 Å². The summed E-state index contributed by atoms with van der Waals surface area (Å²) in [5.41, 5.74) is 0.729. The molecular formula is C23H37N3O3S. The predicted octanol–water partition coefficient (Wildman–Crippen LogP) is 5.56. The number of esters is 1. The number of thiazole rings is 1. The molecule has 3 rings (SSSR count). The molecule has 0 radical (unpaired) electrons. The number of carbonyl (C=O) groups excluding carboxylic acids is 2. The van der Waals surface area contributed by atoms with Crippen LogP contribution in [0.1, 0.15) is 89.1 Å². The second-order valence-corrected chi connectivity index (χ2v) is 9.85. The van der Waals surface area contributed by atoms with Gasteiger partial charge in [-0.05, 0) is 57.8 Å². The van der Waals surface area contributed by atoms with Crippen molar-refractivity contribution in [1.29, 1.82) is 0 Å². The molecule has 0 aliphatic heterocycles. The lowest BCUT2D eigenvalue weighted by Gasteiger charge is -2.42. The first kappa shape index (κ1) is 23.0. The minimum atomic E-state index is -0.268. The van der Waals surface area contributed by atoms with Gasteiger partial charge in [-0.3, -0.25) is 10.1 Å². The molecule has 1 N–H and O–H groups in total. The maximum atomic E-state index is 13.4. The Morgan fingerprint density at radius 1 is 1.07 bits per heavy atom. The zero-order chi connectivity index (χ0) is 21.5. The van der Waals surface area contributed by atoms with Gasteiger partial charge in [-0.1, -0.05) is 33.1 Å². The van der Waals surface area contributed by atoms with Crippen molar-refractivity contribution >= 4 is 28.5 Å². The minimum Gasteiger partial charge on any atom is -0.466 e. The molecule has 1 aromatic heterocycles. The Morgan fingerprint density at radius 2 is 1.73 bits per heavy atom.